The van der Waals surface area contributed by atoms with Gasteiger partial charge in [0.15, 0.2) is 11.5 Å². The van der Waals surface area contributed by atoms with Crippen molar-refractivity contribution >= 4 is 5.91 Å². The molecule has 0 saturated carbocycles. The van der Waals surface area contributed by atoms with Gasteiger partial charge in [-0.15, -0.1) is 0 Å². The van der Waals surface area contributed by atoms with Crippen LogP contribution in [0.5, 0.6) is 17.2 Å². The summed E-state index contributed by atoms with van der Waals surface area (Å²) in [5.41, 5.74) is 4.66. The number of likely N-dealkylation sites (tertiary alicyclic amines) is 2. The molecule has 2 fully saturated rings. The van der Waals surface area contributed by atoms with E-state index < -0.39 is 0 Å². The molecule has 0 unspecified atom stereocenters. The lowest BCUT2D eigenvalue weighted by molar-refractivity contribution is -0.142. The average molecular weight is 485 g/mol. The summed E-state index contributed by atoms with van der Waals surface area (Å²) >= 11 is 0. The van der Waals surface area contributed by atoms with E-state index in [2.05, 4.69) is 30.6 Å². The van der Waals surface area contributed by atoms with Gasteiger partial charge in [0.2, 0.25) is 11.7 Å². The maximum Gasteiger partial charge on any atom is 0.223 e. The monoisotopic (exact) mass is 484 g/mol. The summed E-state index contributed by atoms with van der Waals surface area (Å²) in [6.07, 6.45) is 7.76. The summed E-state index contributed by atoms with van der Waals surface area (Å²) in [6, 6.07) is 4.24. The van der Waals surface area contributed by atoms with Crippen LogP contribution in [-0.4, -0.2) is 62.7 Å². The molecule has 2 saturated heterocycles. The highest BCUT2D eigenvalue weighted by atomic mass is 16.5. The Labute approximate surface area is 211 Å². The van der Waals surface area contributed by atoms with Gasteiger partial charge in [0.1, 0.15) is 0 Å². The lowest BCUT2D eigenvalue weighted by atomic mass is 9.71. The minimum Gasteiger partial charge on any atom is -0.493 e. The fraction of sp³-hybridized carbons (Fsp3) is 0.690. The van der Waals surface area contributed by atoms with Crippen LogP contribution in [0.25, 0.3) is 0 Å². The number of fused-ring (bicyclic) bond motifs is 1. The molecule has 2 aliphatic heterocycles. The Morgan fingerprint density at radius 1 is 1.03 bits per heavy atom. The second-order valence-electron chi connectivity index (χ2n) is 11.3. The fourth-order valence-corrected chi connectivity index (χ4v) is 6.76. The predicted octanol–water partition coefficient (Wildman–Crippen LogP) is 5.44. The smallest absolute Gasteiger partial charge is 0.223 e. The lowest BCUT2D eigenvalue weighted by Crippen LogP contribution is -2.55. The van der Waals surface area contributed by atoms with Gasteiger partial charge in [-0.1, -0.05) is 25.0 Å². The predicted molar refractivity (Wildman–Crippen MR) is 139 cm³/mol. The van der Waals surface area contributed by atoms with Gasteiger partial charge in [-0.25, -0.2) is 0 Å². The SMILES string of the molecule is COc1cc(CN2C(=O)CC[C@H]3CN(CCC4=C(C)CCCC4(C)C)CC[C@H]32)cc(OC)c1OC. The van der Waals surface area contributed by atoms with Crippen LogP contribution in [0, 0.1) is 11.3 Å². The highest BCUT2D eigenvalue weighted by Crippen LogP contribution is 2.43. The molecular weight excluding hydrogens is 440 g/mol. The van der Waals surface area contributed by atoms with E-state index in [1.807, 2.05) is 12.1 Å². The van der Waals surface area contributed by atoms with Gasteiger partial charge in [-0.2, -0.15) is 0 Å². The molecule has 1 amide bonds. The molecular formula is C29H44N2O4. The van der Waals surface area contributed by atoms with E-state index in [-0.39, 0.29) is 5.91 Å². The minimum absolute atomic E-state index is 0.262. The molecule has 1 aromatic carbocycles. The first-order valence-corrected chi connectivity index (χ1v) is 13.3. The normalized spacial score (nSPS) is 24.9. The molecule has 0 N–H and O–H groups in total. The van der Waals surface area contributed by atoms with Gasteiger partial charge in [0, 0.05) is 38.6 Å². The Kier molecular flexibility index (Phi) is 7.99. The van der Waals surface area contributed by atoms with E-state index in [1.54, 1.807) is 32.5 Å². The highest BCUT2D eigenvalue weighted by Gasteiger charge is 2.39. The molecule has 0 spiro atoms. The standard InChI is InChI=1S/C29H44N2O4/c1-20-8-7-13-29(2,3)23(20)11-14-30-15-12-24-22(19-30)9-10-27(32)31(24)18-21-16-25(33-4)28(35-6)26(17-21)34-5/h16-17,22,24H,7-15,18-19H2,1-6H3/t22-,24+/m0/s1. The van der Waals surface area contributed by atoms with Gasteiger partial charge in [0.25, 0.3) is 0 Å². The number of benzene rings is 1. The number of methoxy groups -OCH3 is 3. The fourth-order valence-electron chi connectivity index (χ4n) is 6.76. The van der Waals surface area contributed by atoms with Crippen LogP contribution >= 0.6 is 0 Å². The van der Waals surface area contributed by atoms with Crippen molar-refractivity contribution in [3.05, 3.63) is 28.8 Å². The van der Waals surface area contributed by atoms with Crippen molar-refractivity contribution in [2.75, 3.05) is 41.0 Å². The molecule has 3 aliphatic rings. The molecule has 35 heavy (non-hydrogen) atoms. The minimum atomic E-state index is 0.262. The zero-order valence-electron chi connectivity index (χ0n) is 22.6. The van der Waals surface area contributed by atoms with Gasteiger partial charge in [0.05, 0.1) is 21.3 Å². The van der Waals surface area contributed by atoms with Crippen molar-refractivity contribution < 1.29 is 19.0 Å². The van der Waals surface area contributed by atoms with Gasteiger partial charge >= 0.3 is 0 Å². The summed E-state index contributed by atoms with van der Waals surface area (Å²) in [7, 11) is 4.87. The van der Waals surface area contributed by atoms with E-state index in [9.17, 15) is 4.79 Å². The third-order valence-corrected chi connectivity index (χ3v) is 8.67. The van der Waals surface area contributed by atoms with Crippen molar-refractivity contribution in [1.29, 1.82) is 0 Å². The Balaban J connectivity index is 1.43. The summed E-state index contributed by atoms with van der Waals surface area (Å²) in [4.78, 5) is 17.8. The van der Waals surface area contributed by atoms with Crippen molar-refractivity contribution in [2.24, 2.45) is 11.3 Å². The number of carbonyl (C=O) groups is 1. The Morgan fingerprint density at radius 3 is 2.37 bits per heavy atom. The average Bonchev–Trinajstić information content (AvgIpc) is 2.84. The third-order valence-electron chi connectivity index (χ3n) is 8.67. The zero-order chi connectivity index (χ0) is 25.2. The van der Waals surface area contributed by atoms with E-state index in [0.29, 0.717) is 47.6 Å². The molecule has 1 aromatic rings. The quantitative estimate of drug-likeness (QED) is 0.460. The number of ether oxygens (including phenoxy) is 3. The van der Waals surface area contributed by atoms with Crippen LogP contribution in [0.1, 0.15) is 71.3 Å². The Bertz CT molecular complexity index is 929. The maximum atomic E-state index is 13.0. The highest BCUT2D eigenvalue weighted by molar-refractivity contribution is 5.77. The molecule has 0 radical (unpaired) electrons. The van der Waals surface area contributed by atoms with Crippen LogP contribution in [0.4, 0.5) is 0 Å². The molecule has 4 rings (SSSR count). The third kappa shape index (κ3) is 5.47. The summed E-state index contributed by atoms with van der Waals surface area (Å²) in [5.74, 6) is 2.65. The topological polar surface area (TPSA) is 51.2 Å². The van der Waals surface area contributed by atoms with Crippen LogP contribution in [0.2, 0.25) is 0 Å². The number of nitrogens with zero attached hydrogens (tertiary/aromatic N) is 2. The number of piperidine rings is 2. The van der Waals surface area contributed by atoms with Crippen LogP contribution < -0.4 is 14.2 Å². The molecule has 6 nitrogen and oxygen atoms in total. The Morgan fingerprint density at radius 2 is 1.74 bits per heavy atom. The number of amides is 1. The second kappa shape index (κ2) is 10.8. The van der Waals surface area contributed by atoms with Crippen LogP contribution in [-0.2, 0) is 11.3 Å². The number of rotatable bonds is 8. The first-order chi connectivity index (χ1) is 16.8. The molecule has 0 bridgehead atoms. The van der Waals surface area contributed by atoms with Crippen molar-refractivity contribution in [2.45, 2.75) is 78.3 Å². The number of hydrogen-bond donors (Lipinski definition) is 0. The molecule has 2 heterocycles. The molecule has 6 heteroatoms. The first-order valence-electron chi connectivity index (χ1n) is 13.3. The van der Waals surface area contributed by atoms with Crippen LogP contribution in [0.15, 0.2) is 23.3 Å². The summed E-state index contributed by atoms with van der Waals surface area (Å²) < 4.78 is 16.5. The van der Waals surface area contributed by atoms with Crippen molar-refractivity contribution in [1.82, 2.24) is 9.80 Å². The summed E-state index contributed by atoms with van der Waals surface area (Å²) in [5, 5.41) is 0. The number of hydrogen-bond acceptors (Lipinski definition) is 5. The van der Waals surface area contributed by atoms with Gasteiger partial charge in [-0.05, 0) is 74.5 Å². The van der Waals surface area contributed by atoms with Gasteiger partial charge in [-0.3, -0.25) is 4.79 Å². The summed E-state index contributed by atoms with van der Waals surface area (Å²) in [6.45, 7) is 11.1. The number of allylic oxidation sites excluding steroid dienone is 1. The zero-order valence-corrected chi connectivity index (χ0v) is 22.6. The molecule has 2 atom stereocenters. The van der Waals surface area contributed by atoms with E-state index in [4.69, 9.17) is 14.2 Å². The van der Waals surface area contributed by atoms with E-state index in [0.717, 1.165) is 38.0 Å². The van der Waals surface area contributed by atoms with Crippen LogP contribution in [0.3, 0.4) is 0 Å². The molecule has 194 valence electrons. The Hall–Kier alpha value is -2.21. The maximum absolute atomic E-state index is 13.0. The first kappa shape index (κ1) is 25.9. The van der Waals surface area contributed by atoms with E-state index >= 15 is 0 Å². The molecule has 1 aliphatic carbocycles. The van der Waals surface area contributed by atoms with Crippen molar-refractivity contribution in [3.63, 3.8) is 0 Å². The van der Waals surface area contributed by atoms with Gasteiger partial charge < -0.3 is 24.0 Å². The van der Waals surface area contributed by atoms with E-state index in [1.165, 1.54) is 25.7 Å². The lowest BCUT2D eigenvalue weighted by Gasteiger charge is -2.47. The number of carbonyl (C=O) groups excluding carboxylic acids is 1. The molecule has 0 aromatic heterocycles. The largest absolute Gasteiger partial charge is 0.493 e. The second-order valence-corrected chi connectivity index (χ2v) is 11.3. The van der Waals surface area contributed by atoms with Crippen molar-refractivity contribution in [3.8, 4) is 17.2 Å².